The van der Waals surface area contributed by atoms with Gasteiger partial charge in [-0.25, -0.2) is 8.78 Å². The van der Waals surface area contributed by atoms with Gasteiger partial charge in [-0.3, -0.25) is 14.4 Å². The summed E-state index contributed by atoms with van der Waals surface area (Å²) in [5, 5.41) is 25.3. The number of alkyl halides is 5. The van der Waals surface area contributed by atoms with Gasteiger partial charge in [0.25, 0.3) is 11.8 Å². The quantitative estimate of drug-likeness (QED) is 0.357. The van der Waals surface area contributed by atoms with Crippen molar-refractivity contribution in [2.24, 2.45) is 17.3 Å². The van der Waals surface area contributed by atoms with E-state index >= 15 is 0 Å². The lowest BCUT2D eigenvalue weighted by molar-refractivity contribution is -0.152. The third kappa shape index (κ3) is 6.62. The van der Waals surface area contributed by atoms with Crippen LogP contribution >= 0.6 is 0 Å². The first-order valence-corrected chi connectivity index (χ1v) is 12.6. The first-order valence-electron chi connectivity index (χ1n) is 12.6. The van der Waals surface area contributed by atoms with Gasteiger partial charge in [-0.1, -0.05) is 63.3 Å². The molecule has 220 valence electrons. The van der Waals surface area contributed by atoms with Crippen molar-refractivity contribution in [3.05, 3.63) is 59.9 Å². The number of rotatable bonds is 8. The summed E-state index contributed by atoms with van der Waals surface area (Å²) in [7, 11) is 0. The van der Waals surface area contributed by atoms with Crippen LogP contribution in [0, 0.1) is 17.3 Å². The van der Waals surface area contributed by atoms with E-state index in [1.807, 2.05) is 0 Å². The summed E-state index contributed by atoms with van der Waals surface area (Å²) in [5.74, 6) is -8.72. The Labute approximate surface area is 227 Å². The average molecular weight is 574 g/mol. The summed E-state index contributed by atoms with van der Waals surface area (Å²) in [5.41, 5.74) is -1.70. The molecule has 1 aliphatic heterocycles. The number of halogens is 5. The van der Waals surface area contributed by atoms with Crippen LogP contribution in [0.5, 0.6) is 0 Å². The Hall–Kier alpha value is -3.48. The average Bonchev–Trinajstić information content (AvgIpc) is 3.06. The van der Waals surface area contributed by atoms with E-state index in [2.05, 4.69) is 5.32 Å². The summed E-state index contributed by atoms with van der Waals surface area (Å²) < 4.78 is 68.1. The van der Waals surface area contributed by atoms with Crippen molar-refractivity contribution in [2.45, 2.75) is 57.5 Å². The molecule has 5 atom stereocenters. The van der Waals surface area contributed by atoms with Gasteiger partial charge in [0.05, 0.1) is 29.7 Å². The lowest BCUT2D eigenvalue weighted by atomic mass is 9.81. The fourth-order valence-corrected chi connectivity index (χ4v) is 4.88. The Morgan fingerprint density at radius 1 is 1.12 bits per heavy atom. The second-order valence-corrected chi connectivity index (χ2v) is 10.7. The molecule has 2 aliphatic rings. The standard InChI is InChI=1S/C27H32F5N3O5/c1-15-17(10-7-11-19(15)36)22(38)34-18(12-16-8-5-4-6-9-16)20(37)24(40)35-14-26(28,29)25(2,3)21(35)23(39)33-13-27(30,31)32/h4-11,15,17-18,20-21,36-37H,12-14H2,1-3H3,(H,33,39)(H,34,38)/t15?,17?,18?,20?,21-/m1/s1. The molecule has 1 aliphatic carbocycles. The molecule has 4 N–H and O–H groups in total. The molecular weight excluding hydrogens is 541 g/mol. The number of likely N-dealkylation sites (tertiary alicyclic amines) is 1. The number of carbonyl (C=O) groups excluding carboxylic acids is 3. The lowest BCUT2D eigenvalue weighted by Crippen LogP contribution is -2.58. The Kier molecular flexibility index (Phi) is 8.97. The van der Waals surface area contributed by atoms with E-state index in [9.17, 15) is 46.5 Å². The van der Waals surface area contributed by atoms with Gasteiger partial charge in [-0.15, -0.1) is 0 Å². The molecule has 3 amide bonds. The van der Waals surface area contributed by atoms with E-state index in [0.717, 1.165) is 13.8 Å². The number of allylic oxidation sites excluding steroid dienone is 3. The Morgan fingerprint density at radius 2 is 1.75 bits per heavy atom. The normalized spacial score (nSPS) is 25.1. The summed E-state index contributed by atoms with van der Waals surface area (Å²) >= 11 is 0. The van der Waals surface area contributed by atoms with Crippen LogP contribution in [0.3, 0.4) is 0 Å². The summed E-state index contributed by atoms with van der Waals surface area (Å²) in [6, 6.07) is 4.93. The number of carbonyl (C=O) groups is 3. The second-order valence-electron chi connectivity index (χ2n) is 10.7. The predicted molar refractivity (Wildman–Crippen MR) is 134 cm³/mol. The van der Waals surface area contributed by atoms with Crippen LogP contribution < -0.4 is 10.6 Å². The number of hydrogen-bond acceptors (Lipinski definition) is 5. The van der Waals surface area contributed by atoms with Crippen LogP contribution in [-0.2, 0) is 20.8 Å². The molecule has 0 saturated carbocycles. The van der Waals surface area contributed by atoms with Gasteiger partial charge < -0.3 is 25.7 Å². The van der Waals surface area contributed by atoms with Gasteiger partial charge in [0.15, 0.2) is 6.10 Å². The maximum atomic E-state index is 15.0. The molecule has 8 nitrogen and oxygen atoms in total. The molecule has 0 radical (unpaired) electrons. The van der Waals surface area contributed by atoms with Crippen LogP contribution in [0.2, 0.25) is 0 Å². The highest BCUT2D eigenvalue weighted by atomic mass is 19.4. The Balaban J connectivity index is 1.90. The van der Waals surface area contributed by atoms with E-state index in [1.165, 1.54) is 18.2 Å². The smallest absolute Gasteiger partial charge is 0.405 e. The minimum Gasteiger partial charge on any atom is -0.512 e. The highest BCUT2D eigenvalue weighted by molar-refractivity contribution is 5.92. The largest absolute Gasteiger partial charge is 0.512 e. The van der Waals surface area contributed by atoms with Crippen molar-refractivity contribution < 1.29 is 46.5 Å². The second kappa shape index (κ2) is 11.6. The number of benzene rings is 1. The van der Waals surface area contributed by atoms with E-state index in [0.29, 0.717) is 10.5 Å². The molecule has 40 heavy (non-hydrogen) atoms. The SMILES string of the molecule is CC1C(O)=CC=CC1C(=O)NC(Cc1ccccc1)C(O)C(=O)N1CC(F)(F)C(C)(C)[C@H]1C(=O)NCC(F)(F)F. The van der Waals surface area contributed by atoms with Crippen LogP contribution in [0.4, 0.5) is 22.0 Å². The van der Waals surface area contributed by atoms with Crippen molar-refractivity contribution in [3.63, 3.8) is 0 Å². The molecule has 1 fully saturated rings. The maximum Gasteiger partial charge on any atom is 0.405 e. The Morgan fingerprint density at radius 3 is 2.35 bits per heavy atom. The van der Waals surface area contributed by atoms with Gasteiger partial charge in [-0.05, 0) is 18.1 Å². The van der Waals surface area contributed by atoms with E-state index in [4.69, 9.17) is 0 Å². The molecule has 1 heterocycles. The zero-order chi connectivity index (χ0) is 30.0. The highest BCUT2D eigenvalue weighted by Crippen LogP contribution is 2.48. The van der Waals surface area contributed by atoms with Crippen molar-refractivity contribution in [3.8, 4) is 0 Å². The van der Waals surface area contributed by atoms with Gasteiger partial charge in [0, 0.05) is 5.92 Å². The number of amides is 3. The van der Waals surface area contributed by atoms with Crippen molar-refractivity contribution in [1.82, 2.24) is 15.5 Å². The molecule has 1 aromatic rings. The van der Waals surface area contributed by atoms with E-state index in [-0.39, 0.29) is 12.2 Å². The molecule has 13 heteroatoms. The number of aliphatic hydroxyl groups is 2. The van der Waals surface area contributed by atoms with Crippen molar-refractivity contribution >= 4 is 17.7 Å². The van der Waals surface area contributed by atoms with Gasteiger partial charge in [-0.2, -0.15) is 13.2 Å². The summed E-state index contributed by atoms with van der Waals surface area (Å²) in [6.07, 6.45) is -2.70. The number of nitrogens with one attached hydrogen (secondary N) is 2. The van der Waals surface area contributed by atoms with Crippen LogP contribution in [0.25, 0.3) is 0 Å². The monoisotopic (exact) mass is 573 g/mol. The Bertz CT molecular complexity index is 1170. The van der Waals surface area contributed by atoms with Crippen LogP contribution in [0.1, 0.15) is 26.3 Å². The molecule has 3 rings (SSSR count). The zero-order valence-corrected chi connectivity index (χ0v) is 22.1. The minimum absolute atomic E-state index is 0.0619. The molecule has 0 aromatic heterocycles. The summed E-state index contributed by atoms with van der Waals surface area (Å²) in [4.78, 5) is 39.7. The fourth-order valence-electron chi connectivity index (χ4n) is 4.88. The molecule has 0 bridgehead atoms. The molecule has 0 spiro atoms. The van der Waals surface area contributed by atoms with Gasteiger partial charge >= 0.3 is 6.18 Å². The maximum absolute atomic E-state index is 15.0. The van der Waals surface area contributed by atoms with Crippen molar-refractivity contribution in [2.75, 3.05) is 13.1 Å². The minimum atomic E-state index is -4.82. The number of nitrogens with zero attached hydrogens (tertiary/aromatic N) is 1. The molecular formula is C27H32F5N3O5. The molecule has 4 unspecified atom stereocenters. The summed E-state index contributed by atoms with van der Waals surface area (Å²) in [6.45, 7) is 0.365. The van der Waals surface area contributed by atoms with E-state index < -0.39 is 78.3 Å². The highest BCUT2D eigenvalue weighted by Gasteiger charge is 2.64. The molecule has 1 aromatic carbocycles. The van der Waals surface area contributed by atoms with E-state index in [1.54, 1.807) is 42.6 Å². The zero-order valence-electron chi connectivity index (χ0n) is 22.1. The first-order chi connectivity index (χ1) is 18.5. The van der Waals surface area contributed by atoms with Gasteiger partial charge in [0.2, 0.25) is 11.8 Å². The van der Waals surface area contributed by atoms with Crippen molar-refractivity contribution in [1.29, 1.82) is 0 Å². The van der Waals surface area contributed by atoms with Crippen LogP contribution in [-0.4, -0.2) is 76.2 Å². The number of hydrogen-bond donors (Lipinski definition) is 4. The third-order valence-corrected chi connectivity index (χ3v) is 7.45. The fraction of sp³-hybridized carbons (Fsp3) is 0.519. The van der Waals surface area contributed by atoms with Crippen LogP contribution in [0.15, 0.2) is 54.3 Å². The van der Waals surface area contributed by atoms with Gasteiger partial charge in [0.1, 0.15) is 12.6 Å². The number of aliphatic hydroxyl groups excluding tert-OH is 2. The third-order valence-electron chi connectivity index (χ3n) is 7.45. The predicted octanol–water partition coefficient (Wildman–Crippen LogP) is 2.89. The first kappa shape index (κ1) is 31.1. The topological polar surface area (TPSA) is 119 Å². The molecule has 1 saturated heterocycles. The lowest BCUT2D eigenvalue weighted by Gasteiger charge is -2.34.